The Morgan fingerprint density at radius 3 is 2.86 bits per heavy atom. The van der Waals surface area contributed by atoms with E-state index in [9.17, 15) is 14.9 Å². The first-order valence-electron chi connectivity index (χ1n) is 5.73. The van der Waals surface area contributed by atoms with Crippen LogP contribution in [0.4, 0.5) is 5.69 Å². The molecule has 108 valence electrons. The summed E-state index contributed by atoms with van der Waals surface area (Å²) in [7, 11) is 0. The molecule has 21 heavy (non-hydrogen) atoms. The summed E-state index contributed by atoms with van der Waals surface area (Å²) in [5.74, 6) is -0.825. The molecule has 0 unspecified atom stereocenters. The fourth-order valence-corrected chi connectivity index (χ4v) is 2.89. The summed E-state index contributed by atoms with van der Waals surface area (Å²) >= 11 is 7.18. The number of hydrogen-bond acceptors (Lipinski definition) is 5. The highest BCUT2D eigenvalue weighted by Crippen LogP contribution is 2.32. The van der Waals surface area contributed by atoms with Crippen LogP contribution in [0.15, 0.2) is 41.6 Å². The molecule has 0 radical (unpaired) electrons. The fraction of sp³-hybridized carbons (Fsp3) is 0.0769. The number of nitrogens with zero attached hydrogens (tertiary/aromatic N) is 2. The minimum Gasteiger partial charge on any atom is -0.478 e. The van der Waals surface area contributed by atoms with E-state index in [1.807, 2.05) is 0 Å². The van der Waals surface area contributed by atoms with Crippen molar-refractivity contribution < 1.29 is 14.8 Å². The predicted octanol–water partition coefficient (Wildman–Crippen LogP) is 3.63. The molecule has 1 N–H and O–H groups in total. The Morgan fingerprint density at radius 1 is 1.43 bits per heavy atom. The van der Waals surface area contributed by atoms with Crippen molar-refractivity contribution in [2.75, 3.05) is 0 Å². The van der Waals surface area contributed by atoms with Crippen molar-refractivity contribution in [2.24, 2.45) is 0 Å². The van der Waals surface area contributed by atoms with Crippen LogP contribution in [0, 0.1) is 10.1 Å². The van der Waals surface area contributed by atoms with Crippen LogP contribution in [0.5, 0.6) is 0 Å². The average Bonchev–Trinajstić information content (AvgIpc) is 2.46. The number of carboxylic acids is 1. The summed E-state index contributed by atoms with van der Waals surface area (Å²) in [6.45, 7) is 0. The van der Waals surface area contributed by atoms with E-state index in [0.29, 0.717) is 15.6 Å². The van der Waals surface area contributed by atoms with Gasteiger partial charge in [0.15, 0.2) is 0 Å². The van der Waals surface area contributed by atoms with Crippen molar-refractivity contribution in [1.29, 1.82) is 0 Å². The lowest BCUT2D eigenvalue weighted by Crippen LogP contribution is -1.98. The SMILES string of the molecule is O=C(O)c1ccnc(SCc2c(Cl)cccc2[N+](=O)[O-])c1. The molecule has 2 rings (SSSR count). The maximum atomic E-state index is 11.0. The van der Waals surface area contributed by atoms with Gasteiger partial charge in [-0.2, -0.15) is 0 Å². The van der Waals surface area contributed by atoms with Crippen molar-refractivity contribution >= 4 is 35.0 Å². The van der Waals surface area contributed by atoms with Gasteiger partial charge in [-0.15, -0.1) is 11.8 Å². The zero-order chi connectivity index (χ0) is 15.4. The quantitative estimate of drug-likeness (QED) is 0.512. The summed E-state index contributed by atoms with van der Waals surface area (Å²) < 4.78 is 0. The number of aromatic nitrogens is 1. The Bertz CT molecular complexity index is 708. The molecular formula is C13H9ClN2O4S. The topological polar surface area (TPSA) is 93.3 Å². The second kappa shape index (κ2) is 6.55. The van der Waals surface area contributed by atoms with Crippen LogP contribution in [0.3, 0.4) is 0 Å². The van der Waals surface area contributed by atoms with Crippen molar-refractivity contribution in [3.63, 3.8) is 0 Å². The molecule has 1 aromatic carbocycles. The van der Waals surface area contributed by atoms with Crippen molar-refractivity contribution in [3.8, 4) is 0 Å². The van der Waals surface area contributed by atoms with Crippen LogP contribution in [-0.4, -0.2) is 21.0 Å². The smallest absolute Gasteiger partial charge is 0.335 e. The van der Waals surface area contributed by atoms with E-state index in [0.717, 1.165) is 0 Å². The highest BCUT2D eigenvalue weighted by Gasteiger charge is 2.17. The van der Waals surface area contributed by atoms with E-state index < -0.39 is 10.9 Å². The Balaban J connectivity index is 2.22. The second-order valence-corrected chi connectivity index (χ2v) is 5.37. The number of aromatic carboxylic acids is 1. The molecule has 2 aromatic rings. The van der Waals surface area contributed by atoms with Gasteiger partial charge in [0, 0.05) is 18.0 Å². The van der Waals surface area contributed by atoms with Gasteiger partial charge in [0.05, 0.1) is 26.1 Å². The number of rotatable bonds is 5. The van der Waals surface area contributed by atoms with E-state index in [2.05, 4.69) is 4.98 Å². The van der Waals surface area contributed by atoms with Gasteiger partial charge < -0.3 is 5.11 Å². The van der Waals surface area contributed by atoms with Crippen LogP contribution in [0.25, 0.3) is 0 Å². The van der Waals surface area contributed by atoms with Crippen molar-refractivity contribution in [3.05, 3.63) is 62.8 Å². The first kappa shape index (κ1) is 15.3. The normalized spacial score (nSPS) is 10.3. The standard InChI is InChI=1S/C13H9ClN2O4S/c14-10-2-1-3-11(16(19)20)9(10)7-21-12-6-8(13(17)18)4-5-15-12/h1-6H,7H2,(H,17,18). The first-order chi connectivity index (χ1) is 9.99. The molecule has 0 saturated carbocycles. The number of nitro groups is 1. The molecule has 8 heteroatoms. The lowest BCUT2D eigenvalue weighted by Gasteiger charge is -2.05. The molecule has 0 aliphatic rings. The van der Waals surface area contributed by atoms with E-state index in [-0.39, 0.29) is 17.0 Å². The third kappa shape index (κ3) is 3.71. The number of hydrogen-bond donors (Lipinski definition) is 1. The van der Waals surface area contributed by atoms with Gasteiger partial charge in [-0.3, -0.25) is 10.1 Å². The molecule has 0 amide bonds. The van der Waals surface area contributed by atoms with E-state index in [1.165, 1.54) is 42.2 Å². The number of carboxylic acid groups (broad SMARTS) is 1. The molecule has 0 saturated heterocycles. The number of pyridine rings is 1. The zero-order valence-corrected chi connectivity index (χ0v) is 12.1. The number of benzene rings is 1. The predicted molar refractivity (Wildman–Crippen MR) is 78.9 cm³/mol. The molecule has 6 nitrogen and oxygen atoms in total. The summed E-state index contributed by atoms with van der Waals surface area (Å²) in [6, 6.07) is 7.26. The highest BCUT2D eigenvalue weighted by molar-refractivity contribution is 7.98. The van der Waals surface area contributed by atoms with Crippen LogP contribution in [0.2, 0.25) is 5.02 Å². The average molecular weight is 325 g/mol. The van der Waals surface area contributed by atoms with Gasteiger partial charge in [-0.05, 0) is 18.2 Å². The lowest BCUT2D eigenvalue weighted by molar-refractivity contribution is -0.385. The maximum absolute atomic E-state index is 11.0. The summed E-state index contributed by atoms with van der Waals surface area (Å²) in [5, 5.41) is 20.6. The van der Waals surface area contributed by atoms with Gasteiger partial charge in [0.1, 0.15) is 0 Å². The summed E-state index contributed by atoms with van der Waals surface area (Å²) in [6.07, 6.45) is 1.38. The van der Waals surface area contributed by atoms with Crippen LogP contribution in [-0.2, 0) is 5.75 Å². The second-order valence-electron chi connectivity index (χ2n) is 3.97. The minimum atomic E-state index is -1.05. The summed E-state index contributed by atoms with van der Waals surface area (Å²) in [4.78, 5) is 25.4. The summed E-state index contributed by atoms with van der Waals surface area (Å²) in [5.41, 5.74) is 0.433. The van der Waals surface area contributed by atoms with E-state index in [4.69, 9.17) is 16.7 Å². The van der Waals surface area contributed by atoms with E-state index >= 15 is 0 Å². The Kier molecular flexibility index (Phi) is 4.77. The number of thioether (sulfide) groups is 1. The Hall–Kier alpha value is -2.12. The molecular weight excluding hydrogens is 316 g/mol. The molecule has 0 fully saturated rings. The fourth-order valence-electron chi connectivity index (χ4n) is 1.63. The monoisotopic (exact) mass is 324 g/mol. The van der Waals surface area contributed by atoms with Crippen LogP contribution in [0.1, 0.15) is 15.9 Å². The molecule has 0 atom stereocenters. The number of nitro benzene ring substituents is 1. The van der Waals surface area contributed by atoms with Gasteiger partial charge >= 0.3 is 5.97 Å². The Morgan fingerprint density at radius 2 is 2.19 bits per heavy atom. The highest BCUT2D eigenvalue weighted by atomic mass is 35.5. The first-order valence-corrected chi connectivity index (χ1v) is 7.09. The van der Waals surface area contributed by atoms with Gasteiger partial charge in [-0.1, -0.05) is 17.7 Å². The van der Waals surface area contributed by atoms with Gasteiger partial charge in [0.25, 0.3) is 5.69 Å². The molecule has 0 spiro atoms. The maximum Gasteiger partial charge on any atom is 0.335 e. The molecule has 0 bridgehead atoms. The molecule has 0 aliphatic heterocycles. The van der Waals surface area contributed by atoms with Gasteiger partial charge in [0.2, 0.25) is 0 Å². The van der Waals surface area contributed by atoms with E-state index in [1.54, 1.807) is 6.07 Å². The van der Waals surface area contributed by atoms with Crippen molar-refractivity contribution in [2.45, 2.75) is 10.8 Å². The largest absolute Gasteiger partial charge is 0.478 e. The lowest BCUT2D eigenvalue weighted by atomic mass is 10.2. The third-order valence-corrected chi connectivity index (χ3v) is 3.94. The molecule has 1 heterocycles. The van der Waals surface area contributed by atoms with Crippen molar-refractivity contribution in [1.82, 2.24) is 4.98 Å². The number of carbonyl (C=O) groups is 1. The minimum absolute atomic E-state index is 0.0654. The van der Waals surface area contributed by atoms with Crippen LogP contribution < -0.4 is 0 Å². The molecule has 1 aromatic heterocycles. The van der Waals surface area contributed by atoms with Crippen LogP contribution >= 0.6 is 23.4 Å². The zero-order valence-electron chi connectivity index (χ0n) is 10.5. The Labute approximate surface area is 128 Å². The number of halogens is 1. The van der Waals surface area contributed by atoms with Gasteiger partial charge in [-0.25, -0.2) is 9.78 Å². The molecule has 0 aliphatic carbocycles. The third-order valence-electron chi connectivity index (χ3n) is 2.64.